The molecule has 0 atom stereocenters. The van der Waals surface area contributed by atoms with Crippen molar-refractivity contribution in [3.8, 4) is 11.5 Å². The van der Waals surface area contributed by atoms with E-state index in [0.29, 0.717) is 22.3 Å². The Morgan fingerprint density at radius 1 is 1.20 bits per heavy atom. The minimum atomic E-state index is -0.517. The molecule has 0 aliphatic heterocycles. The maximum absolute atomic E-state index is 12.8. The first-order valence-corrected chi connectivity index (χ1v) is 8.82. The number of aromatic nitrogens is 3. The van der Waals surface area contributed by atoms with Gasteiger partial charge in [0.05, 0.1) is 31.1 Å². The molecule has 0 spiro atoms. The zero-order valence-electron chi connectivity index (χ0n) is 16.3. The molecule has 2 amide bonds. The molecule has 3 rings (SSSR count). The van der Waals surface area contributed by atoms with E-state index in [-0.39, 0.29) is 35.9 Å². The number of nitrogens with zero attached hydrogens (tertiary/aromatic N) is 3. The Balaban J connectivity index is 2.01. The fraction of sp³-hybridized carbons (Fsp3) is 0.211. The SMILES string of the molecule is COc1c(OCCC(N)=O)ccc2c(=O)n(C)c(NC(=O)c3cnc(N)nc3)cc12. The number of carbonyl (C=O) groups excluding carboxylic acids is 2. The zero-order valence-corrected chi connectivity index (χ0v) is 16.3. The molecule has 0 fully saturated rings. The first-order chi connectivity index (χ1) is 14.3. The monoisotopic (exact) mass is 412 g/mol. The van der Waals surface area contributed by atoms with Crippen LogP contribution in [0.25, 0.3) is 10.8 Å². The third-order valence-electron chi connectivity index (χ3n) is 4.32. The van der Waals surface area contributed by atoms with E-state index in [0.717, 1.165) is 0 Å². The minimum absolute atomic E-state index is 0.0305. The maximum atomic E-state index is 12.8. The zero-order chi connectivity index (χ0) is 21.8. The summed E-state index contributed by atoms with van der Waals surface area (Å²) in [5, 5.41) is 3.45. The number of rotatable bonds is 7. The van der Waals surface area contributed by atoms with Gasteiger partial charge in [0, 0.05) is 24.8 Å². The number of methoxy groups -OCH3 is 1. The lowest BCUT2D eigenvalue weighted by Gasteiger charge is -2.16. The summed E-state index contributed by atoms with van der Waals surface area (Å²) in [6.45, 7) is 0.0583. The van der Waals surface area contributed by atoms with Crippen molar-refractivity contribution >= 4 is 34.4 Å². The molecule has 1 aromatic carbocycles. The molecule has 0 aliphatic rings. The van der Waals surface area contributed by atoms with Gasteiger partial charge >= 0.3 is 0 Å². The summed E-state index contributed by atoms with van der Waals surface area (Å²) in [6, 6.07) is 4.75. The van der Waals surface area contributed by atoms with Gasteiger partial charge < -0.3 is 26.3 Å². The number of benzene rings is 1. The lowest BCUT2D eigenvalue weighted by atomic mass is 10.1. The first kappa shape index (κ1) is 20.6. The minimum Gasteiger partial charge on any atom is -0.492 e. The summed E-state index contributed by atoms with van der Waals surface area (Å²) in [5.74, 6) is -0.123. The van der Waals surface area contributed by atoms with Crippen molar-refractivity contribution in [1.29, 1.82) is 0 Å². The number of hydrogen-bond donors (Lipinski definition) is 3. The normalized spacial score (nSPS) is 10.6. The van der Waals surface area contributed by atoms with Crippen molar-refractivity contribution in [2.45, 2.75) is 6.42 Å². The van der Waals surface area contributed by atoms with Gasteiger partial charge in [0.25, 0.3) is 11.5 Å². The van der Waals surface area contributed by atoms with Gasteiger partial charge in [0.2, 0.25) is 11.9 Å². The molecular formula is C19H20N6O5. The molecule has 2 aromatic heterocycles. The van der Waals surface area contributed by atoms with E-state index in [9.17, 15) is 14.4 Å². The van der Waals surface area contributed by atoms with Crippen molar-refractivity contribution in [3.05, 3.63) is 46.5 Å². The van der Waals surface area contributed by atoms with Crippen molar-refractivity contribution in [2.75, 3.05) is 24.8 Å². The molecule has 0 unspecified atom stereocenters. The average molecular weight is 412 g/mol. The standard InChI is InChI=1S/C19H20N6O5/c1-25-15(24-17(27)10-8-22-19(21)23-9-10)7-12-11(18(25)28)3-4-13(16(12)29-2)30-6-5-14(20)26/h3-4,7-9H,5-6H2,1-2H3,(H2,20,26)(H,24,27)(H2,21,22,23). The largest absolute Gasteiger partial charge is 0.492 e. The lowest BCUT2D eigenvalue weighted by molar-refractivity contribution is -0.118. The van der Waals surface area contributed by atoms with Gasteiger partial charge in [-0.3, -0.25) is 19.0 Å². The van der Waals surface area contributed by atoms with Crippen LogP contribution in [0.15, 0.2) is 35.4 Å². The van der Waals surface area contributed by atoms with E-state index in [4.69, 9.17) is 20.9 Å². The van der Waals surface area contributed by atoms with Gasteiger partial charge in [-0.2, -0.15) is 0 Å². The molecule has 11 nitrogen and oxygen atoms in total. The van der Waals surface area contributed by atoms with Gasteiger partial charge in [-0.15, -0.1) is 0 Å². The lowest BCUT2D eigenvalue weighted by Crippen LogP contribution is -2.24. The Hall–Kier alpha value is -4.15. The van der Waals surface area contributed by atoms with Crippen molar-refractivity contribution in [2.24, 2.45) is 12.8 Å². The van der Waals surface area contributed by atoms with Crippen LogP contribution < -0.4 is 31.8 Å². The average Bonchev–Trinajstić information content (AvgIpc) is 2.71. The molecule has 0 saturated carbocycles. The van der Waals surface area contributed by atoms with E-state index in [2.05, 4.69) is 15.3 Å². The molecule has 30 heavy (non-hydrogen) atoms. The second-order valence-electron chi connectivity index (χ2n) is 6.30. The Morgan fingerprint density at radius 2 is 1.90 bits per heavy atom. The predicted octanol–water partition coefficient (Wildman–Crippen LogP) is 0.426. The molecule has 0 bridgehead atoms. The fourth-order valence-electron chi connectivity index (χ4n) is 2.78. The Morgan fingerprint density at radius 3 is 2.53 bits per heavy atom. The van der Waals surface area contributed by atoms with E-state index < -0.39 is 11.8 Å². The topological polar surface area (TPSA) is 164 Å². The van der Waals surface area contributed by atoms with Crippen LogP contribution in [0.3, 0.4) is 0 Å². The number of fused-ring (bicyclic) bond motifs is 1. The highest BCUT2D eigenvalue weighted by Crippen LogP contribution is 2.35. The Kier molecular flexibility index (Phi) is 5.81. The second kappa shape index (κ2) is 8.47. The second-order valence-corrected chi connectivity index (χ2v) is 6.30. The molecular weight excluding hydrogens is 392 g/mol. The predicted molar refractivity (Wildman–Crippen MR) is 109 cm³/mol. The number of ether oxygens (including phenoxy) is 2. The number of pyridine rings is 1. The number of hydrogen-bond acceptors (Lipinski definition) is 8. The molecule has 0 radical (unpaired) electrons. The van der Waals surface area contributed by atoms with E-state index in [1.54, 1.807) is 18.2 Å². The van der Waals surface area contributed by atoms with Crippen LogP contribution in [0.1, 0.15) is 16.8 Å². The van der Waals surface area contributed by atoms with Crippen LogP contribution >= 0.6 is 0 Å². The number of anilines is 2. The van der Waals surface area contributed by atoms with Gasteiger partial charge in [0.1, 0.15) is 5.82 Å². The highest BCUT2D eigenvalue weighted by atomic mass is 16.5. The van der Waals surface area contributed by atoms with E-state index in [1.807, 2.05) is 0 Å². The van der Waals surface area contributed by atoms with E-state index in [1.165, 1.54) is 31.1 Å². The van der Waals surface area contributed by atoms with Crippen LogP contribution in [0.2, 0.25) is 0 Å². The number of nitrogens with two attached hydrogens (primary N) is 2. The molecule has 2 heterocycles. The van der Waals surface area contributed by atoms with Crippen molar-refractivity contribution < 1.29 is 19.1 Å². The number of primary amides is 1. The fourth-order valence-corrected chi connectivity index (χ4v) is 2.78. The first-order valence-electron chi connectivity index (χ1n) is 8.82. The summed E-state index contributed by atoms with van der Waals surface area (Å²) < 4.78 is 12.3. The number of amides is 2. The molecule has 5 N–H and O–H groups in total. The van der Waals surface area contributed by atoms with Crippen LogP contribution in [-0.2, 0) is 11.8 Å². The van der Waals surface area contributed by atoms with E-state index >= 15 is 0 Å². The smallest absolute Gasteiger partial charge is 0.259 e. The van der Waals surface area contributed by atoms with Crippen LogP contribution in [0, 0.1) is 0 Å². The van der Waals surface area contributed by atoms with Gasteiger partial charge in [0.15, 0.2) is 11.5 Å². The third-order valence-corrected chi connectivity index (χ3v) is 4.32. The third kappa shape index (κ3) is 4.14. The molecule has 0 aliphatic carbocycles. The molecule has 3 aromatic rings. The summed E-state index contributed by atoms with van der Waals surface area (Å²) in [4.78, 5) is 43.8. The van der Waals surface area contributed by atoms with Gasteiger partial charge in [-0.25, -0.2) is 9.97 Å². The van der Waals surface area contributed by atoms with Gasteiger partial charge in [-0.05, 0) is 18.2 Å². The van der Waals surface area contributed by atoms with Crippen LogP contribution in [-0.4, -0.2) is 40.1 Å². The summed E-state index contributed by atoms with van der Waals surface area (Å²) >= 11 is 0. The number of carbonyl (C=O) groups is 2. The highest BCUT2D eigenvalue weighted by molar-refractivity contribution is 6.04. The summed E-state index contributed by atoms with van der Waals surface area (Å²) in [6.07, 6.45) is 2.59. The van der Waals surface area contributed by atoms with Gasteiger partial charge in [-0.1, -0.05) is 0 Å². The van der Waals surface area contributed by atoms with Crippen LogP contribution in [0.4, 0.5) is 11.8 Å². The highest BCUT2D eigenvalue weighted by Gasteiger charge is 2.17. The molecule has 156 valence electrons. The molecule has 0 saturated heterocycles. The Bertz CT molecular complexity index is 1170. The Labute approximate surface area is 170 Å². The number of nitrogens with one attached hydrogen (secondary N) is 1. The number of nitrogen functional groups attached to an aromatic ring is 1. The quantitative estimate of drug-likeness (QED) is 0.502. The maximum Gasteiger partial charge on any atom is 0.259 e. The molecule has 11 heteroatoms. The van der Waals surface area contributed by atoms with Crippen LogP contribution in [0.5, 0.6) is 11.5 Å². The summed E-state index contributed by atoms with van der Waals surface area (Å²) in [7, 11) is 2.96. The van der Waals surface area contributed by atoms with Crippen molar-refractivity contribution in [1.82, 2.24) is 14.5 Å². The summed E-state index contributed by atoms with van der Waals surface area (Å²) in [5.41, 5.74) is 10.4. The van der Waals surface area contributed by atoms with Crippen molar-refractivity contribution in [3.63, 3.8) is 0 Å².